The van der Waals surface area contributed by atoms with Gasteiger partial charge in [0.05, 0.1) is 7.11 Å². The van der Waals surface area contributed by atoms with E-state index in [1.807, 2.05) is 43.5 Å². The van der Waals surface area contributed by atoms with Gasteiger partial charge < -0.3 is 15.0 Å². The fourth-order valence-corrected chi connectivity index (χ4v) is 3.64. The number of allylic oxidation sites excluding steroid dienone is 2. The fourth-order valence-electron chi connectivity index (χ4n) is 3.64. The van der Waals surface area contributed by atoms with Crippen LogP contribution in [0.25, 0.3) is 5.57 Å². The Kier molecular flexibility index (Phi) is 5.34. The van der Waals surface area contributed by atoms with Crippen LogP contribution in [0.5, 0.6) is 5.75 Å². The molecular formula is C23H26N3O3+. The van der Waals surface area contributed by atoms with Crippen LogP contribution in [0.1, 0.15) is 35.7 Å². The number of hydrogen-bond donors (Lipinski definition) is 2. The Labute approximate surface area is 170 Å². The van der Waals surface area contributed by atoms with Crippen LogP contribution in [0.2, 0.25) is 0 Å². The number of hydrogen-bond acceptors (Lipinski definition) is 3. The Bertz CT molecular complexity index is 954. The Balaban J connectivity index is 1.71. The summed E-state index contributed by atoms with van der Waals surface area (Å²) in [6, 6.07) is 5.03. The molecule has 0 radical (unpaired) electrons. The average Bonchev–Trinajstić information content (AvgIpc) is 3.44. The molecule has 1 aliphatic carbocycles. The lowest BCUT2D eigenvalue weighted by Crippen LogP contribution is -2.79. The largest absolute Gasteiger partial charge is 0.496 e. The van der Waals surface area contributed by atoms with Crippen LogP contribution in [0, 0.1) is 5.92 Å². The summed E-state index contributed by atoms with van der Waals surface area (Å²) in [6.07, 6.45) is 11.8. The normalized spacial score (nSPS) is 20.6. The average molecular weight is 392 g/mol. The molecule has 3 aliphatic rings. The number of amides is 2. The molecule has 2 heterocycles. The van der Waals surface area contributed by atoms with E-state index in [-0.39, 0.29) is 11.8 Å². The standard InChI is InChI=1S/C23H25N3O3/c1-3-4-11-26-14-19(17-9-10-24-21(17)23(26)28)18-12-16(7-8-20(18)29-2)22(27)25-13-15-5-6-15/h3-4,7-10,12,14-15,21H,5-6,11,13H2,1-2H3,(H,25,27)/p+1/b4-3+. The molecule has 1 fully saturated rings. The summed E-state index contributed by atoms with van der Waals surface area (Å²) in [5, 5.41) is 3.01. The minimum Gasteiger partial charge on any atom is -0.496 e. The molecule has 2 amide bonds. The zero-order chi connectivity index (χ0) is 20.4. The number of nitrogens with one attached hydrogen (secondary N) is 2. The van der Waals surface area contributed by atoms with E-state index in [0.717, 1.165) is 23.3 Å². The topological polar surface area (TPSA) is 72.6 Å². The van der Waals surface area contributed by atoms with E-state index >= 15 is 0 Å². The number of benzene rings is 1. The van der Waals surface area contributed by atoms with Gasteiger partial charge in [-0.05, 0) is 43.9 Å². The Hall–Kier alpha value is -3.15. The molecule has 6 nitrogen and oxygen atoms in total. The second-order valence-electron chi connectivity index (χ2n) is 7.56. The van der Waals surface area contributed by atoms with Gasteiger partial charge in [0, 0.05) is 47.6 Å². The van der Waals surface area contributed by atoms with E-state index in [2.05, 4.69) is 10.3 Å². The smallest absolute Gasteiger partial charge is 0.300 e. The molecule has 4 rings (SSSR count). The SMILES string of the molecule is C/C=C/CN1C=C(c2cc(C(=O)NCC3CC3)ccc2OC)C2=CC=[NH+]C2C1=O. The molecule has 150 valence electrons. The molecule has 1 saturated carbocycles. The molecule has 0 aromatic heterocycles. The van der Waals surface area contributed by atoms with E-state index in [9.17, 15) is 9.59 Å². The van der Waals surface area contributed by atoms with Crippen molar-refractivity contribution >= 4 is 23.6 Å². The molecule has 1 aromatic rings. The number of carbonyl (C=O) groups excluding carboxylic acids is 2. The van der Waals surface area contributed by atoms with Gasteiger partial charge in [-0.1, -0.05) is 12.2 Å². The first kappa shape index (κ1) is 19.2. The van der Waals surface area contributed by atoms with Crippen LogP contribution in [-0.4, -0.2) is 49.2 Å². The lowest BCUT2D eigenvalue weighted by Gasteiger charge is -2.27. The van der Waals surface area contributed by atoms with Crippen LogP contribution >= 0.6 is 0 Å². The van der Waals surface area contributed by atoms with Gasteiger partial charge >= 0.3 is 0 Å². The number of carbonyl (C=O) groups is 2. The van der Waals surface area contributed by atoms with Gasteiger partial charge in [0.15, 0.2) is 6.21 Å². The minimum atomic E-state index is -0.419. The highest BCUT2D eigenvalue weighted by Crippen LogP contribution is 2.36. The fraction of sp³-hybridized carbons (Fsp3) is 0.348. The lowest BCUT2D eigenvalue weighted by molar-refractivity contribution is -0.467. The summed E-state index contributed by atoms with van der Waals surface area (Å²) >= 11 is 0. The molecule has 2 aliphatic heterocycles. The summed E-state index contributed by atoms with van der Waals surface area (Å²) in [5.74, 6) is 1.21. The zero-order valence-corrected chi connectivity index (χ0v) is 16.8. The van der Waals surface area contributed by atoms with Gasteiger partial charge in [0.25, 0.3) is 17.9 Å². The third-order valence-corrected chi connectivity index (χ3v) is 5.50. The first-order valence-corrected chi connectivity index (χ1v) is 10.0. The number of fused-ring (bicyclic) bond motifs is 1. The highest BCUT2D eigenvalue weighted by atomic mass is 16.5. The lowest BCUT2D eigenvalue weighted by atomic mass is 9.89. The molecule has 0 bridgehead atoms. The van der Waals surface area contributed by atoms with Crippen LogP contribution < -0.4 is 15.0 Å². The van der Waals surface area contributed by atoms with Crippen LogP contribution in [-0.2, 0) is 4.79 Å². The molecule has 0 spiro atoms. The molecule has 1 unspecified atom stereocenters. The summed E-state index contributed by atoms with van der Waals surface area (Å²) < 4.78 is 5.59. The van der Waals surface area contributed by atoms with Crippen molar-refractivity contribution in [2.75, 3.05) is 20.2 Å². The molecule has 1 aromatic carbocycles. The van der Waals surface area contributed by atoms with Gasteiger partial charge in [-0.15, -0.1) is 0 Å². The number of ether oxygens (including phenoxy) is 1. The monoisotopic (exact) mass is 392 g/mol. The molecular weight excluding hydrogens is 366 g/mol. The third kappa shape index (κ3) is 3.88. The van der Waals surface area contributed by atoms with Crippen molar-refractivity contribution in [1.82, 2.24) is 10.2 Å². The molecule has 29 heavy (non-hydrogen) atoms. The first-order valence-electron chi connectivity index (χ1n) is 10.0. The van der Waals surface area contributed by atoms with E-state index in [4.69, 9.17) is 4.74 Å². The summed E-state index contributed by atoms with van der Waals surface area (Å²) in [4.78, 5) is 30.3. The minimum absolute atomic E-state index is 0.00384. The predicted octanol–water partition coefficient (Wildman–Crippen LogP) is 1.05. The molecule has 2 N–H and O–H groups in total. The van der Waals surface area contributed by atoms with Gasteiger partial charge in [0.2, 0.25) is 0 Å². The van der Waals surface area contributed by atoms with E-state index in [0.29, 0.717) is 23.8 Å². The highest BCUT2D eigenvalue weighted by molar-refractivity contribution is 6.03. The van der Waals surface area contributed by atoms with Crippen LogP contribution in [0.3, 0.4) is 0 Å². The van der Waals surface area contributed by atoms with Gasteiger partial charge in [-0.3, -0.25) is 9.59 Å². The van der Waals surface area contributed by atoms with Crippen molar-refractivity contribution in [3.63, 3.8) is 0 Å². The van der Waals surface area contributed by atoms with Gasteiger partial charge in [0.1, 0.15) is 5.75 Å². The van der Waals surface area contributed by atoms with Gasteiger partial charge in [-0.2, -0.15) is 0 Å². The third-order valence-electron chi connectivity index (χ3n) is 5.50. The van der Waals surface area contributed by atoms with Crippen LogP contribution in [0.15, 0.2) is 48.2 Å². The summed E-state index contributed by atoms with van der Waals surface area (Å²) in [7, 11) is 1.61. The quantitative estimate of drug-likeness (QED) is 0.682. The molecule has 0 saturated heterocycles. The van der Waals surface area contributed by atoms with Crippen LogP contribution in [0.4, 0.5) is 0 Å². The maximum atomic E-state index is 12.8. The van der Waals surface area contributed by atoms with Crippen molar-refractivity contribution in [3.8, 4) is 5.75 Å². The van der Waals surface area contributed by atoms with Crippen molar-refractivity contribution < 1.29 is 19.3 Å². The number of methoxy groups -OCH3 is 1. The zero-order valence-electron chi connectivity index (χ0n) is 16.8. The first-order chi connectivity index (χ1) is 14.1. The van der Waals surface area contributed by atoms with E-state index < -0.39 is 6.04 Å². The maximum absolute atomic E-state index is 12.8. The highest BCUT2D eigenvalue weighted by Gasteiger charge is 2.40. The number of rotatable bonds is 7. The Morgan fingerprint density at radius 2 is 2.21 bits per heavy atom. The molecule has 6 heteroatoms. The summed E-state index contributed by atoms with van der Waals surface area (Å²) in [6.45, 7) is 3.15. The molecule has 1 atom stereocenters. The predicted molar refractivity (Wildman–Crippen MR) is 111 cm³/mol. The van der Waals surface area contributed by atoms with Gasteiger partial charge in [-0.25, -0.2) is 4.99 Å². The van der Waals surface area contributed by atoms with Crippen molar-refractivity contribution in [2.24, 2.45) is 5.92 Å². The Morgan fingerprint density at radius 1 is 1.38 bits per heavy atom. The Morgan fingerprint density at radius 3 is 2.93 bits per heavy atom. The van der Waals surface area contributed by atoms with Crippen molar-refractivity contribution in [3.05, 3.63) is 59.3 Å². The van der Waals surface area contributed by atoms with Crippen molar-refractivity contribution in [2.45, 2.75) is 25.8 Å². The second-order valence-corrected chi connectivity index (χ2v) is 7.56. The number of nitrogens with zero attached hydrogens (tertiary/aromatic N) is 1. The van der Waals surface area contributed by atoms with E-state index in [1.54, 1.807) is 24.3 Å². The summed E-state index contributed by atoms with van der Waals surface area (Å²) in [5.41, 5.74) is 3.17. The second kappa shape index (κ2) is 8.07. The maximum Gasteiger partial charge on any atom is 0.300 e. The van der Waals surface area contributed by atoms with E-state index in [1.165, 1.54) is 12.8 Å². The van der Waals surface area contributed by atoms with Crippen molar-refractivity contribution in [1.29, 1.82) is 0 Å².